The molecule has 0 bridgehead atoms. The summed E-state index contributed by atoms with van der Waals surface area (Å²) in [6.45, 7) is 2.12. The molecule has 0 aromatic rings. The van der Waals surface area contributed by atoms with Crippen molar-refractivity contribution in [3.63, 3.8) is 0 Å². The fourth-order valence-corrected chi connectivity index (χ4v) is 4.35. The van der Waals surface area contributed by atoms with Gasteiger partial charge in [0.2, 0.25) is 0 Å². The van der Waals surface area contributed by atoms with E-state index in [1.807, 2.05) is 6.08 Å². The maximum atomic E-state index is 11.3. The number of aliphatic hydroxyl groups excluding tert-OH is 2. The number of aldehydes is 1. The number of unbranched alkanes of at least 4 members (excludes halogenated alkanes) is 4. The van der Waals surface area contributed by atoms with Crippen LogP contribution in [0.15, 0.2) is 22.6 Å². The van der Waals surface area contributed by atoms with Crippen LogP contribution in [0.1, 0.15) is 64.7 Å². The standard InChI is InChI=1S/C20H32O5S/c1-2-3-5-8-16(22)10-11-17-18(23)13-15(14-21)20(17)26-12-7-4-6-9-19(24)25/h10-11,14,16-18,22-23H,2-9,12-13H2,1H3,(H,24,25)/b11-10+/t16-,17-,18+/m0/s1. The van der Waals surface area contributed by atoms with Gasteiger partial charge in [0.15, 0.2) is 0 Å². The number of aliphatic carboxylic acids is 1. The van der Waals surface area contributed by atoms with E-state index >= 15 is 0 Å². The van der Waals surface area contributed by atoms with Gasteiger partial charge in [0, 0.05) is 29.2 Å². The lowest BCUT2D eigenvalue weighted by atomic mass is 10.0. The van der Waals surface area contributed by atoms with Crippen molar-refractivity contribution >= 4 is 24.0 Å². The van der Waals surface area contributed by atoms with Gasteiger partial charge in [-0.15, -0.1) is 11.8 Å². The van der Waals surface area contributed by atoms with Crippen LogP contribution in [0.3, 0.4) is 0 Å². The van der Waals surface area contributed by atoms with Gasteiger partial charge >= 0.3 is 5.97 Å². The molecule has 0 amide bonds. The summed E-state index contributed by atoms with van der Waals surface area (Å²) in [5.41, 5.74) is 0.642. The van der Waals surface area contributed by atoms with Gasteiger partial charge in [-0.3, -0.25) is 9.59 Å². The lowest BCUT2D eigenvalue weighted by molar-refractivity contribution is -0.137. The third-order valence-corrected chi connectivity index (χ3v) is 5.88. The van der Waals surface area contributed by atoms with Gasteiger partial charge in [0.05, 0.1) is 12.2 Å². The Labute approximate surface area is 160 Å². The van der Waals surface area contributed by atoms with E-state index in [0.29, 0.717) is 24.8 Å². The monoisotopic (exact) mass is 384 g/mol. The summed E-state index contributed by atoms with van der Waals surface area (Å²) in [4.78, 5) is 22.7. The van der Waals surface area contributed by atoms with Crippen LogP contribution in [0.4, 0.5) is 0 Å². The third kappa shape index (κ3) is 8.52. The van der Waals surface area contributed by atoms with Crippen LogP contribution in [-0.2, 0) is 9.59 Å². The minimum atomic E-state index is -0.773. The van der Waals surface area contributed by atoms with Crippen LogP contribution in [0.5, 0.6) is 0 Å². The Balaban J connectivity index is 2.52. The first-order valence-corrected chi connectivity index (χ1v) is 10.5. The number of carbonyl (C=O) groups is 2. The van der Waals surface area contributed by atoms with Crippen LogP contribution < -0.4 is 0 Å². The van der Waals surface area contributed by atoms with E-state index in [4.69, 9.17) is 5.11 Å². The number of hydrogen-bond acceptors (Lipinski definition) is 5. The second-order valence-electron chi connectivity index (χ2n) is 6.81. The van der Waals surface area contributed by atoms with E-state index in [-0.39, 0.29) is 12.3 Å². The van der Waals surface area contributed by atoms with Crippen LogP contribution in [-0.4, -0.2) is 45.5 Å². The van der Waals surface area contributed by atoms with Crippen molar-refractivity contribution in [2.24, 2.45) is 5.92 Å². The molecule has 0 saturated heterocycles. The summed E-state index contributed by atoms with van der Waals surface area (Å²) in [7, 11) is 0. The summed E-state index contributed by atoms with van der Waals surface area (Å²) in [5.74, 6) is -0.215. The molecule has 0 saturated carbocycles. The predicted molar refractivity (Wildman–Crippen MR) is 105 cm³/mol. The first-order chi connectivity index (χ1) is 12.5. The molecule has 5 nitrogen and oxygen atoms in total. The summed E-state index contributed by atoms with van der Waals surface area (Å²) in [5, 5.41) is 29.0. The maximum absolute atomic E-state index is 11.3. The van der Waals surface area contributed by atoms with Crippen molar-refractivity contribution in [2.45, 2.75) is 76.9 Å². The summed E-state index contributed by atoms with van der Waals surface area (Å²) in [6, 6.07) is 0. The SMILES string of the molecule is CCCCC[C@H](O)/C=C/[C@@H]1C(SCCCCCC(=O)O)=C(C=O)C[C@H]1O. The molecule has 1 aliphatic rings. The lowest BCUT2D eigenvalue weighted by Gasteiger charge is -2.15. The number of carboxylic acid groups (broad SMARTS) is 1. The third-order valence-electron chi connectivity index (χ3n) is 4.54. The number of carboxylic acids is 1. The number of carbonyl (C=O) groups excluding carboxylic acids is 1. The first kappa shape index (κ1) is 22.9. The van der Waals surface area contributed by atoms with Crippen molar-refractivity contribution < 1.29 is 24.9 Å². The van der Waals surface area contributed by atoms with Crippen molar-refractivity contribution in [1.29, 1.82) is 0 Å². The van der Waals surface area contributed by atoms with E-state index in [0.717, 1.165) is 49.0 Å². The average molecular weight is 385 g/mol. The van der Waals surface area contributed by atoms with Crippen LogP contribution in [0.2, 0.25) is 0 Å². The Hall–Kier alpha value is -1.11. The Bertz CT molecular complexity index is 500. The second-order valence-corrected chi connectivity index (χ2v) is 7.94. The molecule has 0 spiro atoms. The molecule has 0 heterocycles. The minimum Gasteiger partial charge on any atom is -0.481 e. The van der Waals surface area contributed by atoms with E-state index in [9.17, 15) is 19.8 Å². The number of hydrogen-bond donors (Lipinski definition) is 3. The quantitative estimate of drug-likeness (QED) is 0.240. The molecule has 0 aromatic carbocycles. The van der Waals surface area contributed by atoms with Crippen molar-refractivity contribution in [3.8, 4) is 0 Å². The largest absolute Gasteiger partial charge is 0.481 e. The highest BCUT2D eigenvalue weighted by atomic mass is 32.2. The van der Waals surface area contributed by atoms with Gasteiger partial charge in [0.1, 0.15) is 6.29 Å². The van der Waals surface area contributed by atoms with E-state index in [1.54, 1.807) is 17.8 Å². The molecule has 3 atom stereocenters. The maximum Gasteiger partial charge on any atom is 0.303 e. The Morgan fingerprint density at radius 1 is 1.27 bits per heavy atom. The van der Waals surface area contributed by atoms with Gasteiger partial charge in [-0.1, -0.05) is 44.8 Å². The molecule has 0 fully saturated rings. The summed E-state index contributed by atoms with van der Waals surface area (Å²) >= 11 is 1.57. The summed E-state index contributed by atoms with van der Waals surface area (Å²) < 4.78 is 0. The molecule has 0 aliphatic heterocycles. The number of rotatable bonds is 14. The first-order valence-electron chi connectivity index (χ1n) is 9.56. The fraction of sp³-hybridized carbons (Fsp3) is 0.700. The molecule has 0 aromatic heterocycles. The molecule has 1 aliphatic carbocycles. The molecule has 0 radical (unpaired) electrons. The molecular weight excluding hydrogens is 352 g/mol. The zero-order valence-electron chi connectivity index (χ0n) is 15.6. The van der Waals surface area contributed by atoms with Crippen molar-refractivity contribution in [3.05, 3.63) is 22.6 Å². The Morgan fingerprint density at radius 3 is 2.69 bits per heavy atom. The molecule has 0 unspecified atom stereocenters. The second kappa shape index (κ2) is 13.1. The lowest BCUT2D eigenvalue weighted by Crippen LogP contribution is -2.14. The number of thioether (sulfide) groups is 1. The zero-order valence-corrected chi connectivity index (χ0v) is 16.4. The van der Waals surface area contributed by atoms with Crippen LogP contribution in [0.25, 0.3) is 0 Å². The fourth-order valence-electron chi connectivity index (χ4n) is 3.04. The van der Waals surface area contributed by atoms with Gasteiger partial charge in [-0.2, -0.15) is 0 Å². The van der Waals surface area contributed by atoms with Gasteiger partial charge in [-0.05, 0) is 25.0 Å². The van der Waals surface area contributed by atoms with E-state index in [2.05, 4.69) is 6.92 Å². The predicted octanol–water partition coefficient (Wildman–Crippen LogP) is 3.70. The van der Waals surface area contributed by atoms with Gasteiger partial charge in [-0.25, -0.2) is 0 Å². The molecular formula is C20H32O5S. The normalized spacial score (nSPS) is 21.5. The Kier molecular flexibility index (Phi) is 11.6. The summed E-state index contributed by atoms with van der Waals surface area (Å²) in [6.07, 6.45) is 10.1. The molecule has 3 N–H and O–H groups in total. The Morgan fingerprint density at radius 2 is 2.04 bits per heavy atom. The molecule has 26 heavy (non-hydrogen) atoms. The molecule has 6 heteroatoms. The van der Waals surface area contributed by atoms with E-state index < -0.39 is 18.2 Å². The van der Waals surface area contributed by atoms with Crippen LogP contribution in [0, 0.1) is 5.92 Å². The molecule has 148 valence electrons. The van der Waals surface area contributed by atoms with Crippen LogP contribution >= 0.6 is 11.8 Å². The number of aliphatic hydroxyl groups is 2. The van der Waals surface area contributed by atoms with Crippen molar-refractivity contribution in [2.75, 3.05) is 5.75 Å². The smallest absolute Gasteiger partial charge is 0.303 e. The van der Waals surface area contributed by atoms with E-state index in [1.165, 1.54) is 0 Å². The average Bonchev–Trinajstić information content (AvgIpc) is 2.91. The van der Waals surface area contributed by atoms with Gasteiger partial charge in [0.25, 0.3) is 0 Å². The van der Waals surface area contributed by atoms with Gasteiger partial charge < -0.3 is 15.3 Å². The highest BCUT2D eigenvalue weighted by Gasteiger charge is 2.31. The topological polar surface area (TPSA) is 94.8 Å². The van der Waals surface area contributed by atoms with Crippen molar-refractivity contribution in [1.82, 2.24) is 0 Å². The minimum absolute atomic E-state index is 0.187. The highest BCUT2D eigenvalue weighted by Crippen LogP contribution is 2.40. The molecule has 1 rings (SSSR count). The zero-order chi connectivity index (χ0) is 19.4. The highest BCUT2D eigenvalue weighted by molar-refractivity contribution is 8.03.